The molecule has 1 saturated heterocycles. The summed E-state index contributed by atoms with van der Waals surface area (Å²) in [5, 5.41) is 15.4. The van der Waals surface area contributed by atoms with E-state index in [1.165, 1.54) is 4.88 Å². The van der Waals surface area contributed by atoms with Gasteiger partial charge in [0.1, 0.15) is 6.07 Å². The van der Waals surface area contributed by atoms with Gasteiger partial charge in [-0.2, -0.15) is 5.26 Å². The molecule has 0 aliphatic carbocycles. The topological polar surface area (TPSA) is 48.3 Å². The smallest absolute Gasteiger partial charge is 0.101 e. The molecule has 23 heavy (non-hydrogen) atoms. The summed E-state index contributed by atoms with van der Waals surface area (Å²) in [5.41, 5.74) is 1.40. The van der Waals surface area contributed by atoms with Crippen LogP contribution in [0.1, 0.15) is 16.5 Å². The second kappa shape index (κ2) is 7.80. The van der Waals surface area contributed by atoms with Crippen LogP contribution >= 0.6 is 22.9 Å². The van der Waals surface area contributed by atoms with E-state index in [1.54, 1.807) is 23.5 Å². The monoisotopic (exact) mass is 347 g/mol. The predicted molar refractivity (Wildman–Crippen MR) is 94.1 cm³/mol. The predicted octanol–water partition coefficient (Wildman–Crippen LogP) is 3.76. The van der Waals surface area contributed by atoms with Crippen LogP contribution in [0.3, 0.4) is 0 Å². The Kier molecular flexibility index (Phi) is 5.52. The number of anilines is 1. The van der Waals surface area contributed by atoms with Gasteiger partial charge in [0.15, 0.2) is 0 Å². The first-order valence-electron chi connectivity index (χ1n) is 7.56. The third-order valence-electron chi connectivity index (χ3n) is 3.95. The molecule has 1 aliphatic rings. The van der Waals surface area contributed by atoms with Gasteiger partial charge >= 0.3 is 0 Å². The zero-order valence-electron chi connectivity index (χ0n) is 12.7. The zero-order valence-corrected chi connectivity index (χ0v) is 14.2. The third kappa shape index (κ3) is 4.04. The Labute approximate surface area is 145 Å². The van der Waals surface area contributed by atoms with Crippen LogP contribution in [0.5, 0.6) is 0 Å². The van der Waals surface area contributed by atoms with Gasteiger partial charge in [-0.25, -0.2) is 0 Å². The highest BCUT2D eigenvalue weighted by Crippen LogP contribution is 2.27. The number of nitrogens with zero attached hydrogens (tertiary/aromatic N) is 2. The van der Waals surface area contributed by atoms with Crippen molar-refractivity contribution < 1.29 is 4.74 Å². The fourth-order valence-electron chi connectivity index (χ4n) is 2.75. The molecule has 120 valence electrons. The van der Waals surface area contributed by atoms with E-state index in [0.717, 1.165) is 38.5 Å². The second-order valence-corrected chi connectivity index (χ2v) is 6.78. The van der Waals surface area contributed by atoms with Gasteiger partial charge in [0.2, 0.25) is 0 Å². The van der Waals surface area contributed by atoms with Gasteiger partial charge < -0.3 is 10.1 Å². The number of hydrogen-bond acceptors (Lipinski definition) is 5. The van der Waals surface area contributed by atoms with E-state index in [9.17, 15) is 5.26 Å². The molecule has 1 N–H and O–H groups in total. The molecule has 0 bridgehead atoms. The van der Waals surface area contributed by atoms with Crippen molar-refractivity contribution in [1.29, 1.82) is 5.26 Å². The van der Waals surface area contributed by atoms with Crippen LogP contribution in [-0.2, 0) is 4.74 Å². The normalized spacial score (nSPS) is 16.7. The van der Waals surface area contributed by atoms with E-state index < -0.39 is 0 Å². The average molecular weight is 348 g/mol. The summed E-state index contributed by atoms with van der Waals surface area (Å²) in [7, 11) is 0. The lowest BCUT2D eigenvalue weighted by molar-refractivity contribution is 0.0194. The van der Waals surface area contributed by atoms with Crippen LogP contribution in [0.15, 0.2) is 35.7 Å². The highest BCUT2D eigenvalue weighted by atomic mass is 35.5. The SMILES string of the molecule is N#Cc1cc(Cl)ccc1NCC(c1cccs1)N1CCOCC1. The molecule has 1 aliphatic heterocycles. The Morgan fingerprint density at radius 2 is 2.17 bits per heavy atom. The number of morpholine rings is 1. The molecule has 2 heterocycles. The van der Waals surface area contributed by atoms with Crippen molar-refractivity contribution in [1.82, 2.24) is 4.90 Å². The molecular formula is C17H18ClN3OS. The van der Waals surface area contributed by atoms with Crippen molar-refractivity contribution in [3.63, 3.8) is 0 Å². The van der Waals surface area contributed by atoms with Gasteiger partial charge in [-0.3, -0.25) is 4.90 Å². The molecule has 0 saturated carbocycles. The molecule has 1 aromatic carbocycles. The lowest BCUT2D eigenvalue weighted by atomic mass is 10.1. The third-order valence-corrected chi connectivity index (χ3v) is 5.15. The lowest BCUT2D eigenvalue weighted by Crippen LogP contribution is -2.41. The summed E-state index contributed by atoms with van der Waals surface area (Å²) in [5.74, 6) is 0. The van der Waals surface area contributed by atoms with E-state index in [2.05, 4.69) is 33.8 Å². The Morgan fingerprint density at radius 3 is 2.87 bits per heavy atom. The number of halogens is 1. The van der Waals surface area contributed by atoms with Crippen LogP contribution in [0.4, 0.5) is 5.69 Å². The molecule has 4 nitrogen and oxygen atoms in total. The van der Waals surface area contributed by atoms with Crippen molar-refractivity contribution in [2.75, 3.05) is 38.2 Å². The van der Waals surface area contributed by atoms with E-state index >= 15 is 0 Å². The molecule has 1 fully saturated rings. The first kappa shape index (κ1) is 16.3. The van der Waals surface area contributed by atoms with E-state index in [-0.39, 0.29) is 6.04 Å². The molecular weight excluding hydrogens is 330 g/mol. The summed E-state index contributed by atoms with van der Waals surface area (Å²) in [4.78, 5) is 3.76. The van der Waals surface area contributed by atoms with Gasteiger partial charge in [0.25, 0.3) is 0 Å². The molecule has 3 rings (SSSR count). The second-order valence-electron chi connectivity index (χ2n) is 5.36. The van der Waals surface area contributed by atoms with Gasteiger partial charge in [0.05, 0.1) is 30.5 Å². The standard InChI is InChI=1S/C17H18ClN3OS/c18-14-3-4-15(13(10-14)11-19)20-12-16(17-2-1-9-23-17)21-5-7-22-8-6-21/h1-4,9-10,16,20H,5-8,12H2. The fourth-order valence-corrected chi connectivity index (χ4v) is 3.78. The van der Waals surface area contributed by atoms with Crippen LogP contribution in [0, 0.1) is 11.3 Å². The summed E-state index contributed by atoms with van der Waals surface area (Å²) >= 11 is 7.73. The number of ether oxygens (including phenoxy) is 1. The zero-order chi connectivity index (χ0) is 16.1. The first-order valence-corrected chi connectivity index (χ1v) is 8.82. The summed E-state index contributed by atoms with van der Waals surface area (Å²) < 4.78 is 5.46. The van der Waals surface area contributed by atoms with Crippen LogP contribution in [-0.4, -0.2) is 37.7 Å². The molecule has 6 heteroatoms. The van der Waals surface area contributed by atoms with Crippen molar-refractivity contribution in [3.8, 4) is 6.07 Å². The van der Waals surface area contributed by atoms with Gasteiger partial charge in [-0.1, -0.05) is 17.7 Å². The number of benzene rings is 1. The minimum absolute atomic E-state index is 0.279. The molecule has 1 atom stereocenters. The molecule has 1 unspecified atom stereocenters. The molecule has 0 radical (unpaired) electrons. The number of rotatable bonds is 5. The first-order chi connectivity index (χ1) is 11.3. The van der Waals surface area contributed by atoms with Crippen LogP contribution < -0.4 is 5.32 Å². The fraction of sp³-hybridized carbons (Fsp3) is 0.353. The highest BCUT2D eigenvalue weighted by molar-refractivity contribution is 7.10. The molecule has 0 spiro atoms. The maximum absolute atomic E-state index is 9.27. The highest BCUT2D eigenvalue weighted by Gasteiger charge is 2.23. The van der Waals surface area contributed by atoms with Gasteiger partial charge in [0, 0.05) is 29.5 Å². The molecule has 2 aromatic rings. The maximum Gasteiger partial charge on any atom is 0.101 e. The summed E-state index contributed by atoms with van der Waals surface area (Å²) in [6.45, 7) is 4.14. The number of thiophene rings is 1. The Balaban J connectivity index is 1.75. The summed E-state index contributed by atoms with van der Waals surface area (Å²) in [6, 6.07) is 12.1. The Bertz CT molecular complexity index is 678. The maximum atomic E-state index is 9.27. The quantitative estimate of drug-likeness (QED) is 0.894. The molecule has 0 amide bonds. The van der Waals surface area contributed by atoms with Crippen molar-refractivity contribution >= 4 is 28.6 Å². The van der Waals surface area contributed by atoms with Crippen LogP contribution in [0.2, 0.25) is 5.02 Å². The van der Waals surface area contributed by atoms with E-state index in [4.69, 9.17) is 16.3 Å². The summed E-state index contributed by atoms with van der Waals surface area (Å²) in [6.07, 6.45) is 0. The minimum Gasteiger partial charge on any atom is -0.382 e. The number of nitriles is 1. The molecule has 1 aromatic heterocycles. The minimum atomic E-state index is 0.279. The van der Waals surface area contributed by atoms with Gasteiger partial charge in [-0.15, -0.1) is 11.3 Å². The van der Waals surface area contributed by atoms with Crippen LogP contribution in [0.25, 0.3) is 0 Å². The van der Waals surface area contributed by atoms with Gasteiger partial charge in [-0.05, 0) is 29.6 Å². The lowest BCUT2D eigenvalue weighted by Gasteiger charge is -2.34. The van der Waals surface area contributed by atoms with E-state index in [0.29, 0.717) is 10.6 Å². The Hall–Kier alpha value is -1.58. The Morgan fingerprint density at radius 1 is 1.35 bits per heavy atom. The van der Waals surface area contributed by atoms with Crippen molar-refractivity contribution in [3.05, 3.63) is 51.2 Å². The largest absolute Gasteiger partial charge is 0.382 e. The average Bonchev–Trinajstić information content (AvgIpc) is 3.11. The van der Waals surface area contributed by atoms with Crippen molar-refractivity contribution in [2.45, 2.75) is 6.04 Å². The van der Waals surface area contributed by atoms with Crippen molar-refractivity contribution in [2.24, 2.45) is 0 Å². The number of hydrogen-bond donors (Lipinski definition) is 1. The number of nitrogens with one attached hydrogen (secondary N) is 1. The van der Waals surface area contributed by atoms with E-state index in [1.807, 2.05) is 6.07 Å².